The molecule has 1 aliphatic rings. The Balaban J connectivity index is 1.88. The molecule has 0 radical (unpaired) electrons. The summed E-state index contributed by atoms with van der Waals surface area (Å²) in [4.78, 5) is 12.2. The molecule has 1 unspecified atom stereocenters. The number of carbonyl (C=O) groups is 1. The maximum absolute atomic E-state index is 12.2. The van der Waals surface area contributed by atoms with Gasteiger partial charge in [0.1, 0.15) is 5.60 Å². The largest absolute Gasteiger partial charge is 0.460 e. The molecule has 0 bridgehead atoms. The lowest BCUT2D eigenvalue weighted by Gasteiger charge is -2.25. The molecule has 0 saturated heterocycles. The smallest absolute Gasteiger partial charge is 0.306 e. The molecule has 3 nitrogen and oxygen atoms in total. The molecule has 3 atom stereocenters. The predicted octanol–water partition coefficient (Wildman–Crippen LogP) is 5.80. The fraction of sp³-hybridized carbons (Fsp3) is 0.696. The van der Waals surface area contributed by atoms with Crippen molar-refractivity contribution >= 4 is 5.97 Å². The van der Waals surface area contributed by atoms with Crippen LogP contribution < -0.4 is 5.32 Å². The molecule has 2 rings (SSSR count). The summed E-state index contributed by atoms with van der Waals surface area (Å²) in [6.07, 6.45) is 8.98. The lowest BCUT2D eigenvalue weighted by atomic mass is 9.92. The van der Waals surface area contributed by atoms with E-state index < -0.39 is 0 Å². The number of carbonyl (C=O) groups excluding carboxylic acids is 1. The topological polar surface area (TPSA) is 38.3 Å². The first-order valence-corrected chi connectivity index (χ1v) is 10.4. The second-order valence-corrected chi connectivity index (χ2v) is 8.87. The monoisotopic (exact) mass is 359 g/mol. The van der Waals surface area contributed by atoms with Crippen LogP contribution in [0.15, 0.2) is 30.3 Å². The average molecular weight is 360 g/mol. The van der Waals surface area contributed by atoms with Gasteiger partial charge in [-0.2, -0.15) is 0 Å². The fourth-order valence-corrected chi connectivity index (χ4v) is 3.91. The molecule has 0 aromatic heterocycles. The molecule has 26 heavy (non-hydrogen) atoms. The maximum atomic E-state index is 12.2. The summed E-state index contributed by atoms with van der Waals surface area (Å²) in [7, 11) is 0. The third-order valence-electron chi connectivity index (χ3n) is 5.25. The first-order valence-electron chi connectivity index (χ1n) is 10.4. The summed E-state index contributed by atoms with van der Waals surface area (Å²) in [5.74, 6) is 0.420. The van der Waals surface area contributed by atoms with Gasteiger partial charge < -0.3 is 10.1 Å². The van der Waals surface area contributed by atoms with E-state index in [1.165, 1.54) is 31.2 Å². The molecule has 1 aliphatic carbocycles. The van der Waals surface area contributed by atoms with Crippen LogP contribution in [0.3, 0.4) is 0 Å². The van der Waals surface area contributed by atoms with E-state index in [1.807, 2.05) is 20.8 Å². The Kier molecular flexibility index (Phi) is 8.15. The van der Waals surface area contributed by atoms with Crippen LogP contribution in [0.4, 0.5) is 0 Å². The molecule has 0 aliphatic heterocycles. The summed E-state index contributed by atoms with van der Waals surface area (Å²) in [6.45, 7) is 8.08. The van der Waals surface area contributed by atoms with Gasteiger partial charge in [-0.3, -0.25) is 4.79 Å². The number of benzene rings is 1. The standard InChI is InChI=1S/C23H37NO2/c1-18(20-12-8-6-9-13-20)24-21-14-10-5-7-11-19(15-16-21)17-22(25)26-23(2,3)4/h6,8-9,12-13,18-19,21,24H,5,7,10-11,14-17H2,1-4H3/t18-,19?,21+/m1/s1. The number of hydrogen-bond donors (Lipinski definition) is 1. The molecule has 1 saturated carbocycles. The molecule has 1 aromatic rings. The van der Waals surface area contributed by atoms with E-state index in [0.29, 0.717) is 24.4 Å². The highest BCUT2D eigenvalue weighted by molar-refractivity contribution is 5.70. The third-order valence-corrected chi connectivity index (χ3v) is 5.25. The zero-order chi connectivity index (χ0) is 19.0. The molecule has 1 fully saturated rings. The predicted molar refractivity (Wildman–Crippen MR) is 108 cm³/mol. The number of hydrogen-bond acceptors (Lipinski definition) is 3. The van der Waals surface area contributed by atoms with E-state index in [4.69, 9.17) is 4.74 Å². The van der Waals surface area contributed by atoms with E-state index in [9.17, 15) is 4.79 Å². The molecular weight excluding hydrogens is 322 g/mol. The molecule has 3 heteroatoms. The molecular formula is C23H37NO2. The van der Waals surface area contributed by atoms with Crippen LogP contribution in [0.25, 0.3) is 0 Å². The highest BCUT2D eigenvalue weighted by atomic mass is 16.6. The normalized spacial score (nSPS) is 23.4. The summed E-state index contributed by atoms with van der Waals surface area (Å²) >= 11 is 0. The lowest BCUT2D eigenvalue weighted by Crippen LogP contribution is -2.32. The first-order chi connectivity index (χ1) is 12.3. The molecule has 0 spiro atoms. The second kappa shape index (κ2) is 10.1. The van der Waals surface area contributed by atoms with E-state index in [1.54, 1.807) is 0 Å². The zero-order valence-electron chi connectivity index (χ0n) is 17.1. The van der Waals surface area contributed by atoms with Crippen molar-refractivity contribution in [2.75, 3.05) is 0 Å². The Labute approximate surface area is 159 Å². The van der Waals surface area contributed by atoms with Crippen molar-refractivity contribution in [3.63, 3.8) is 0 Å². The Morgan fingerprint density at radius 2 is 1.77 bits per heavy atom. The van der Waals surface area contributed by atoms with Crippen molar-refractivity contribution in [1.29, 1.82) is 0 Å². The summed E-state index contributed by atoms with van der Waals surface area (Å²) in [5.41, 5.74) is 0.961. The van der Waals surface area contributed by atoms with Gasteiger partial charge in [0.15, 0.2) is 0 Å². The third kappa shape index (κ3) is 7.90. The molecule has 146 valence electrons. The molecule has 0 amide bonds. The van der Waals surface area contributed by atoms with Gasteiger partial charge in [0.05, 0.1) is 0 Å². The van der Waals surface area contributed by atoms with Crippen LogP contribution in [0, 0.1) is 5.92 Å². The summed E-state index contributed by atoms with van der Waals surface area (Å²) in [5, 5.41) is 3.83. The van der Waals surface area contributed by atoms with Crippen molar-refractivity contribution in [2.24, 2.45) is 5.92 Å². The van der Waals surface area contributed by atoms with Crippen LogP contribution in [0.5, 0.6) is 0 Å². The molecule has 1 aromatic carbocycles. The van der Waals surface area contributed by atoms with Crippen LogP contribution in [-0.2, 0) is 9.53 Å². The van der Waals surface area contributed by atoms with Crippen LogP contribution in [0.2, 0.25) is 0 Å². The van der Waals surface area contributed by atoms with E-state index >= 15 is 0 Å². The summed E-state index contributed by atoms with van der Waals surface area (Å²) in [6, 6.07) is 11.6. The van der Waals surface area contributed by atoms with Crippen molar-refractivity contribution in [3.05, 3.63) is 35.9 Å². The second-order valence-electron chi connectivity index (χ2n) is 8.87. The van der Waals surface area contributed by atoms with Gasteiger partial charge in [-0.05, 0) is 64.9 Å². The van der Waals surface area contributed by atoms with Crippen molar-refractivity contribution in [1.82, 2.24) is 5.32 Å². The van der Waals surface area contributed by atoms with Gasteiger partial charge in [0.25, 0.3) is 0 Å². The van der Waals surface area contributed by atoms with E-state index in [0.717, 1.165) is 19.3 Å². The van der Waals surface area contributed by atoms with Crippen LogP contribution in [-0.4, -0.2) is 17.6 Å². The highest BCUT2D eigenvalue weighted by Crippen LogP contribution is 2.27. The van der Waals surface area contributed by atoms with Gasteiger partial charge in [-0.25, -0.2) is 0 Å². The minimum absolute atomic E-state index is 0.0380. The van der Waals surface area contributed by atoms with Crippen molar-refractivity contribution < 1.29 is 9.53 Å². The molecule has 1 N–H and O–H groups in total. The van der Waals surface area contributed by atoms with Gasteiger partial charge in [-0.1, -0.05) is 49.6 Å². The zero-order valence-corrected chi connectivity index (χ0v) is 17.1. The van der Waals surface area contributed by atoms with E-state index in [-0.39, 0.29) is 11.6 Å². The van der Waals surface area contributed by atoms with E-state index in [2.05, 4.69) is 42.6 Å². The number of ether oxygens (including phenoxy) is 1. The van der Waals surface area contributed by atoms with Gasteiger partial charge in [0, 0.05) is 18.5 Å². The lowest BCUT2D eigenvalue weighted by molar-refractivity contribution is -0.156. The maximum Gasteiger partial charge on any atom is 0.306 e. The summed E-state index contributed by atoms with van der Waals surface area (Å²) < 4.78 is 5.54. The average Bonchev–Trinajstić information content (AvgIpc) is 2.67. The Hall–Kier alpha value is -1.35. The SMILES string of the molecule is C[C@@H](N[C@H]1CCCCCC(CC(=O)OC(C)(C)C)CC1)c1ccccc1. The minimum Gasteiger partial charge on any atom is -0.460 e. The first kappa shape index (κ1) is 21.0. The highest BCUT2D eigenvalue weighted by Gasteiger charge is 2.23. The molecule has 0 heterocycles. The number of esters is 1. The fourth-order valence-electron chi connectivity index (χ4n) is 3.91. The Morgan fingerprint density at radius 1 is 1.08 bits per heavy atom. The van der Waals surface area contributed by atoms with Gasteiger partial charge in [-0.15, -0.1) is 0 Å². The Bertz CT molecular complexity index is 535. The van der Waals surface area contributed by atoms with Crippen molar-refractivity contribution in [2.45, 2.75) is 96.7 Å². The van der Waals surface area contributed by atoms with Crippen LogP contribution >= 0.6 is 0 Å². The van der Waals surface area contributed by atoms with Crippen LogP contribution in [0.1, 0.15) is 90.7 Å². The van der Waals surface area contributed by atoms with Gasteiger partial charge >= 0.3 is 5.97 Å². The number of nitrogens with one attached hydrogen (secondary N) is 1. The Morgan fingerprint density at radius 3 is 2.46 bits per heavy atom. The number of rotatable bonds is 5. The minimum atomic E-state index is -0.384. The van der Waals surface area contributed by atoms with Crippen molar-refractivity contribution in [3.8, 4) is 0 Å². The quantitative estimate of drug-likeness (QED) is 0.675. The van der Waals surface area contributed by atoms with Gasteiger partial charge in [0.2, 0.25) is 0 Å².